The number of ketones is 1. The molecule has 0 saturated heterocycles. The summed E-state index contributed by atoms with van der Waals surface area (Å²) in [6, 6.07) is 0. The molecule has 1 aliphatic carbocycles. The van der Waals surface area contributed by atoms with Gasteiger partial charge in [0.1, 0.15) is 6.29 Å². The Hall–Kier alpha value is -1.66. The third-order valence-electron chi connectivity index (χ3n) is 3.30. The first-order chi connectivity index (χ1) is 8.23. The quantitative estimate of drug-likeness (QED) is 0.436. The highest BCUT2D eigenvalue weighted by Crippen LogP contribution is 2.42. The topological polar surface area (TPSA) is 54.4 Å². The molecule has 0 saturated carbocycles. The van der Waals surface area contributed by atoms with Crippen LogP contribution in [-0.2, 0) is 9.59 Å². The third kappa shape index (κ3) is 2.60. The van der Waals surface area contributed by atoms with E-state index in [9.17, 15) is 14.7 Å². The minimum absolute atomic E-state index is 0.00382. The smallest absolute Gasteiger partial charge is 0.156 e. The fourth-order valence-electron chi connectivity index (χ4n) is 2.09. The van der Waals surface area contributed by atoms with Crippen molar-refractivity contribution in [2.75, 3.05) is 0 Å². The van der Waals surface area contributed by atoms with Crippen molar-refractivity contribution in [1.82, 2.24) is 0 Å². The highest BCUT2D eigenvalue weighted by atomic mass is 16.3. The summed E-state index contributed by atoms with van der Waals surface area (Å²) in [6.07, 6.45) is 3.70. The molecule has 0 aromatic heterocycles. The molecule has 0 aromatic carbocycles. The van der Waals surface area contributed by atoms with Gasteiger partial charge in [0.15, 0.2) is 11.4 Å². The Morgan fingerprint density at radius 2 is 2.11 bits per heavy atom. The summed E-state index contributed by atoms with van der Waals surface area (Å²) in [7, 11) is 0. The molecule has 3 heteroatoms. The van der Waals surface area contributed by atoms with Crippen molar-refractivity contribution in [3.63, 3.8) is 0 Å². The first kappa shape index (κ1) is 14.4. The van der Waals surface area contributed by atoms with Crippen LogP contribution < -0.4 is 0 Å². The van der Waals surface area contributed by atoms with Crippen LogP contribution in [-0.4, -0.2) is 22.8 Å². The van der Waals surface area contributed by atoms with Gasteiger partial charge in [0.25, 0.3) is 0 Å². The number of hydrogen-bond acceptors (Lipinski definition) is 3. The summed E-state index contributed by atoms with van der Waals surface area (Å²) >= 11 is 0. The molecule has 18 heavy (non-hydrogen) atoms. The zero-order valence-corrected chi connectivity index (χ0v) is 11.2. The predicted molar refractivity (Wildman–Crippen MR) is 69.7 cm³/mol. The van der Waals surface area contributed by atoms with Crippen molar-refractivity contribution in [2.45, 2.75) is 39.7 Å². The second-order valence-corrected chi connectivity index (χ2v) is 5.30. The standard InChI is InChI=1S/C15H18O3/c1-11(6-8-16)5-7-15(18)12(2)9-13(17)10-14(15,3)4/h6,8-9,18H,10H2,1-4H3/t15-/m0/s1. The van der Waals surface area contributed by atoms with Crippen LogP contribution in [0.1, 0.15) is 34.1 Å². The Balaban J connectivity index is 3.25. The van der Waals surface area contributed by atoms with E-state index < -0.39 is 11.0 Å². The van der Waals surface area contributed by atoms with E-state index >= 15 is 0 Å². The zero-order chi connectivity index (χ0) is 14.0. The van der Waals surface area contributed by atoms with Crippen molar-refractivity contribution in [1.29, 1.82) is 0 Å². The number of carbonyl (C=O) groups is 2. The maximum atomic E-state index is 11.5. The Kier molecular flexibility index (Phi) is 3.93. The monoisotopic (exact) mass is 246 g/mol. The van der Waals surface area contributed by atoms with Crippen molar-refractivity contribution >= 4 is 12.1 Å². The van der Waals surface area contributed by atoms with Gasteiger partial charge in [0.05, 0.1) is 0 Å². The van der Waals surface area contributed by atoms with E-state index in [1.54, 1.807) is 13.8 Å². The second-order valence-electron chi connectivity index (χ2n) is 5.30. The van der Waals surface area contributed by atoms with E-state index in [4.69, 9.17) is 0 Å². The molecular weight excluding hydrogens is 228 g/mol. The van der Waals surface area contributed by atoms with Crippen LogP contribution in [0.4, 0.5) is 0 Å². The number of allylic oxidation sites excluding steroid dienone is 3. The Morgan fingerprint density at radius 3 is 2.61 bits per heavy atom. The van der Waals surface area contributed by atoms with Gasteiger partial charge in [-0.1, -0.05) is 25.7 Å². The van der Waals surface area contributed by atoms with Crippen molar-refractivity contribution in [3.05, 3.63) is 23.3 Å². The molecule has 0 bridgehead atoms. The number of aliphatic hydroxyl groups is 1. The lowest BCUT2D eigenvalue weighted by Gasteiger charge is -2.42. The summed E-state index contributed by atoms with van der Waals surface area (Å²) in [5, 5.41) is 10.7. The van der Waals surface area contributed by atoms with E-state index in [1.807, 2.05) is 13.8 Å². The van der Waals surface area contributed by atoms with Crippen molar-refractivity contribution in [3.8, 4) is 11.8 Å². The van der Waals surface area contributed by atoms with Crippen molar-refractivity contribution < 1.29 is 14.7 Å². The van der Waals surface area contributed by atoms with Gasteiger partial charge >= 0.3 is 0 Å². The number of rotatable bonds is 1. The van der Waals surface area contributed by atoms with Gasteiger partial charge < -0.3 is 5.11 Å². The minimum atomic E-state index is -1.33. The third-order valence-corrected chi connectivity index (χ3v) is 3.30. The van der Waals surface area contributed by atoms with Crippen LogP contribution in [0, 0.1) is 17.3 Å². The molecule has 1 N–H and O–H groups in total. The van der Waals surface area contributed by atoms with Crippen molar-refractivity contribution in [2.24, 2.45) is 5.41 Å². The largest absolute Gasteiger partial charge is 0.373 e. The summed E-state index contributed by atoms with van der Waals surface area (Å²) in [5.41, 5.74) is -0.843. The molecule has 0 aliphatic heterocycles. The van der Waals surface area contributed by atoms with E-state index in [1.165, 1.54) is 12.2 Å². The predicted octanol–water partition coefficient (Wildman–Crippen LogP) is 1.81. The molecule has 3 nitrogen and oxygen atoms in total. The zero-order valence-electron chi connectivity index (χ0n) is 11.2. The van der Waals surface area contributed by atoms with Gasteiger partial charge in [0, 0.05) is 17.4 Å². The van der Waals surface area contributed by atoms with Gasteiger partial charge in [0.2, 0.25) is 0 Å². The highest BCUT2D eigenvalue weighted by molar-refractivity contribution is 5.93. The molecule has 0 amide bonds. The van der Waals surface area contributed by atoms with Gasteiger partial charge in [-0.2, -0.15) is 0 Å². The number of aldehydes is 1. The summed E-state index contributed by atoms with van der Waals surface area (Å²) in [6.45, 7) is 7.03. The maximum absolute atomic E-state index is 11.5. The highest BCUT2D eigenvalue weighted by Gasteiger charge is 2.47. The van der Waals surface area contributed by atoms with Gasteiger partial charge in [-0.25, -0.2) is 0 Å². The van der Waals surface area contributed by atoms with Crippen LogP contribution in [0.3, 0.4) is 0 Å². The molecule has 96 valence electrons. The van der Waals surface area contributed by atoms with Crippen LogP contribution in [0.2, 0.25) is 0 Å². The van der Waals surface area contributed by atoms with Crippen LogP contribution in [0.25, 0.3) is 0 Å². The molecular formula is C15H18O3. The van der Waals surface area contributed by atoms with Crippen LogP contribution in [0.5, 0.6) is 0 Å². The average Bonchev–Trinajstić information content (AvgIpc) is 2.23. The molecule has 1 atom stereocenters. The fourth-order valence-corrected chi connectivity index (χ4v) is 2.09. The SMILES string of the molecule is CC(C#C[C@]1(O)C(C)=CC(=O)CC1(C)C)=CC=O. The normalized spacial score (nSPS) is 27.1. The van der Waals surface area contributed by atoms with E-state index in [-0.39, 0.29) is 12.2 Å². The lowest BCUT2D eigenvalue weighted by Crippen LogP contribution is -2.48. The molecule has 0 radical (unpaired) electrons. The molecule has 0 aromatic rings. The average molecular weight is 246 g/mol. The molecule has 1 rings (SSSR count). The summed E-state index contributed by atoms with van der Waals surface area (Å²) < 4.78 is 0. The Labute approximate surface area is 108 Å². The molecule has 0 heterocycles. The van der Waals surface area contributed by atoms with Crippen LogP contribution in [0.15, 0.2) is 23.3 Å². The van der Waals surface area contributed by atoms with Gasteiger partial charge in [-0.05, 0) is 31.6 Å². The molecule has 0 unspecified atom stereocenters. The Bertz CT molecular complexity index is 498. The lowest BCUT2D eigenvalue weighted by atomic mass is 9.65. The second kappa shape index (κ2) is 4.91. The summed E-state index contributed by atoms with van der Waals surface area (Å²) in [4.78, 5) is 21.8. The van der Waals surface area contributed by atoms with E-state index in [0.717, 1.165) is 0 Å². The van der Waals surface area contributed by atoms with Crippen LogP contribution >= 0.6 is 0 Å². The molecule has 0 spiro atoms. The first-order valence-electron chi connectivity index (χ1n) is 5.82. The first-order valence-corrected chi connectivity index (χ1v) is 5.82. The van der Waals surface area contributed by atoms with Gasteiger partial charge in [-0.3, -0.25) is 9.59 Å². The van der Waals surface area contributed by atoms with E-state index in [2.05, 4.69) is 11.8 Å². The molecule has 0 fully saturated rings. The van der Waals surface area contributed by atoms with E-state index in [0.29, 0.717) is 17.4 Å². The lowest BCUT2D eigenvalue weighted by molar-refractivity contribution is -0.121. The van der Waals surface area contributed by atoms with Gasteiger partial charge in [-0.15, -0.1) is 0 Å². The minimum Gasteiger partial charge on any atom is -0.373 e. The summed E-state index contributed by atoms with van der Waals surface area (Å²) in [5.74, 6) is 5.58. The number of carbonyl (C=O) groups excluding carboxylic acids is 2. The maximum Gasteiger partial charge on any atom is 0.156 e. The molecule has 1 aliphatic rings. The Morgan fingerprint density at radius 1 is 1.50 bits per heavy atom. The number of hydrogen-bond donors (Lipinski definition) is 1. The fraction of sp³-hybridized carbons (Fsp3) is 0.467.